The third-order valence-corrected chi connectivity index (χ3v) is 1.67. The van der Waals surface area contributed by atoms with E-state index in [9.17, 15) is 19.2 Å². The number of amides is 4. The summed E-state index contributed by atoms with van der Waals surface area (Å²) in [5, 5.41) is 9.19. The van der Waals surface area contributed by atoms with Crippen LogP contribution in [0.15, 0.2) is 0 Å². The van der Waals surface area contributed by atoms with Gasteiger partial charge in [0, 0.05) is 19.7 Å². The van der Waals surface area contributed by atoms with E-state index in [2.05, 4.69) is 21.3 Å². The molecule has 0 spiro atoms. The highest BCUT2D eigenvalue weighted by Crippen LogP contribution is 1.69. The van der Waals surface area contributed by atoms with E-state index in [0.29, 0.717) is 0 Å². The van der Waals surface area contributed by atoms with Crippen LogP contribution in [0.2, 0.25) is 0 Å². The predicted octanol–water partition coefficient (Wildman–Crippen LogP) is -1.92. The molecule has 0 rings (SSSR count). The Bertz CT molecular complexity index is 331. The summed E-state index contributed by atoms with van der Waals surface area (Å²) in [6, 6.07) is 0. The quantitative estimate of drug-likeness (QED) is 0.441. The molecule has 104 valence electrons. The smallest absolute Gasteiger partial charge is 0.239 e. The van der Waals surface area contributed by atoms with Crippen molar-refractivity contribution in [2.75, 3.05) is 26.7 Å². The van der Waals surface area contributed by atoms with Gasteiger partial charge >= 0.3 is 0 Å². The first kappa shape index (κ1) is 14.9. The van der Waals surface area contributed by atoms with E-state index in [-0.39, 0.29) is 37.2 Å². The Morgan fingerprint density at radius 1 is 0.824 bits per heavy atom. The van der Waals surface area contributed by atoms with Crippen molar-refractivity contribution in [1.29, 1.82) is 0 Å². The zero-order valence-corrected chi connectivity index (χ0v) is 9.75. The van der Waals surface area contributed by atoms with Gasteiger partial charge in [0.25, 0.3) is 0 Å². The van der Waals surface area contributed by atoms with Crippen LogP contribution in [-0.4, -0.2) is 50.3 Å². The normalized spacial score (nSPS) is 9.06. The van der Waals surface area contributed by atoms with Crippen molar-refractivity contribution in [2.45, 2.75) is 6.92 Å². The predicted molar refractivity (Wildman–Crippen MR) is 67.2 cm³/mol. The first-order valence-electron chi connectivity index (χ1n) is 4.94. The first-order valence-corrected chi connectivity index (χ1v) is 4.94. The second-order valence-electron chi connectivity index (χ2n) is 3.14. The van der Waals surface area contributed by atoms with Crippen molar-refractivity contribution in [3.8, 4) is 0 Å². The van der Waals surface area contributed by atoms with Gasteiger partial charge in [-0.2, -0.15) is 0 Å². The van der Waals surface area contributed by atoms with Crippen LogP contribution in [0.25, 0.3) is 0 Å². The van der Waals surface area contributed by atoms with Crippen LogP contribution < -0.4 is 21.3 Å². The van der Waals surface area contributed by atoms with Crippen molar-refractivity contribution in [3.05, 3.63) is 0 Å². The van der Waals surface area contributed by atoms with E-state index >= 15 is 0 Å². The summed E-state index contributed by atoms with van der Waals surface area (Å²) in [7, 11) is 1.45. The molecule has 0 aliphatic heterocycles. The summed E-state index contributed by atoms with van der Waals surface area (Å²) >= 11 is 0. The van der Waals surface area contributed by atoms with E-state index in [1.807, 2.05) is 0 Å². The molecule has 17 heavy (non-hydrogen) atoms. The maximum Gasteiger partial charge on any atom is 0.239 e. The largest absolute Gasteiger partial charge is 0.358 e. The molecule has 4 N–H and O–H groups in total. The number of nitrogens with one attached hydrogen (secondary N) is 4. The second kappa shape index (κ2) is 8.08. The lowest BCUT2D eigenvalue weighted by Crippen LogP contribution is -2.43. The fourth-order valence-electron chi connectivity index (χ4n) is 0.776. The van der Waals surface area contributed by atoms with Crippen LogP contribution in [0.1, 0.15) is 12.6 Å². The van der Waals surface area contributed by atoms with Crippen molar-refractivity contribution < 1.29 is 24.9 Å². The Hall–Kier alpha value is -2.12. The van der Waals surface area contributed by atoms with Gasteiger partial charge in [-0.1, -0.05) is 0 Å². The standard InChI is InChI=1S/C9H16N4O4.4H2/c1-6(14)11-4-8(16)13-5-9(17)12-3-7(15)10-2;;;;/h3-5H2,1-2H3,(H,10,15)(H,11,14)(H,12,17)(H,13,16);4*1H. The fourth-order valence-corrected chi connectivity index (χ4v) is 0.776. The minimum absolute atomic E-state index is 0. The molecule has 0 aromatic rings. The average molecular weight is 252 g/mol. The fraction of sp³-hybridized carbons (Fsp3) is 0.556. The van der Waals surface area contributed by atoms with Crippen molar-refractivity contribution in [2.24, 2.45) is 0 Å². The van der Waals surface area contributed by atoms with E-state index in [1.54, 1.807) is 0 Å². The van der Waals surface area contributed by atoms with Crippen LogP contribution >= 0.6 is 0 Å². The monoisotopic (exact) mass is 252 g/mol. The minimum Gasteiger partial charge on any atom is -0.358 e. The Morgan fingerprint density at radius 2 is 1.24 bits per heavy atom. The summed E-state index contributed by atoms with van der Waals surface area (Å²) in [5.74, 6) is -1.62. The van der Waals surface area contributed by atoms with Gasteiger partial charge in [-0.05, 0) is 0 Å². The molecule has 0 saturated carbocycles. The van der Waals surface area contributed by atoms with Gasteiger partial charge in [-0.15, -0.1) is 0 Å². The summed E-state index contributed by atoms with van der Waals surface area (Å²) in [6.07, 6.45) is 0. The van der Waals surface area contributed by atoms with E-state index in [1.165, 1.54) is 14.0 Å². The van der Waals surface area contributed by atoms with E-state index in [4.69, 9.17) is 0 Å². The lowest BCUT2D eigenvalue weighted by Gasteiger charge is -2.06. The van der Waals surface area contributed by atoms with Gasteiger partial charge in [-0.3, -0.25) is 19.2 Å². The van der Waals surface area contributed by atoms with Gasteiger partial charge in [0.2, 0.25) is 23.6 Å². The Kier molecular flexibility index (Phi) is 7.07. The molecule has 0 saturated heterocycles. The van der Waals surface area contributed by atoms with Crippen LogP contribution in [0.4, 0.5) is 0 Å². The summed E-state index contributed by atoms with van der Waals surface area (Å²) in [4.78, 5) is 43.4. The molecule has 4 amide bonds. The molecule has 0 aliphatic carbocycles. The number of hydrogen-bond acceptors (Lipinski definition) is 4. The molecule has 0 aromatic carbocycles. The number of carbonyl (C=O) groups excluding carboxylic acids is 4. The molecule has 0 bridgehead atoms. The molecular formula is C9H24N4O4. The molecule has 8 nitrogen and oxygen atoms in total. The van der Waals surface area contributed by atoms with Gasteiger partial charge < -0.3 is 21.3 Å². The molecule has 0 aromatic heterocycles. The molecule has 0 aliphatic rings. The molecule has 0 heterocycles. The third kappa shape index (κ3) is 8.85. The number of hydrogen-bond donors (Lipinski definition) is 4. The topological polar surface area (TPSA) is 116 Å². The molecule has 0 unspecified atom stereocenters. The van der Waals surface area contributed by atoms with Crippen LogP contribution in [0, 0.1) is 0 Å². The number of likely N-dealkylation sites (N-methyl/N-ethyl adjacent to an activating group) is 1. The first-order chi connectivity index (χ1) is 7.95. The van der Waals surface area contributed by atoms with Gasteiger partial charge in [-0.25, -0.2) is 0 Å². The summed E-state index contributed by atoms with van der Waals surface area (Å²) < 4.78 is 0. The lowest BCUT2D eigenvalue weighted by atomic mass is 10.5. The highest BCUT2D eigenvalue weighted by Gasteiger charge is 2.06. The van der Waals surface area contributed by atoms with Crippen molar-refractivity contribution >= 4 is 23.6 Å². The number of rotatable bonds is 6. The molecule has 8 heteroatoms. The highest BCUT2D eigenvalue weighted by atomic mass is 16.2. The SMILES string of the molecule is CNC(=O)CNC(=O)CNC(=O)CNC(C)=O.[HH].[HH].[HH].[HH]. The summed E-state index contributed by atoms with van der Waals surface area (Å²) in [6.45, 7) is 0.716. The molecular weight excluding hydrogens is 228 g/mol. The van der Waals surface area contributed by atoms with E-state index in [0.717, 1.165) is 0 Å². The van der Waals surface area contributed by atoms with Crippen molar-refractivity contribution in [3.63, 3.8) is 0 Å². The maximum absolute atomic E-state index is 11.1. The Labute approximate surface area is 104 Å². The van der Waals surface area contributed by atoms with Gasteiger partial charge in [0.05, 0.1) is 19.6 Å². The molecule has 0 atom stereocenters. The van der Waals surface area contributed by atoms with Crippen LogP contribution in [0.3, 0.4) is 0 Å². The van der Waals surface area contributed by atoms with Gasteiger partial charge in [0.1, 0.15) is 0 Å². The van der Waals surface area contributed by atoms with Crippen molar-refractivity contribution in [1.82, 2.24) is 21.3 Å². The minimum atomic E-state index is -0.482. The average Bonchev–Trinajstić information content (AvgIpc) is 2.30. The number of carbonyl (C=O) groups is 4. The molecule has 0 radical (unpaired) electrons. The lowest BCUT2D eigenvalue weighted by molar-refractivity contribution is -0.128. The zero-order chi connectivity index (χ0) is 13.3. The maximum atomic E-state index is 11.1. The van der Waals surface area contributed by atoms with E-state index < -0.39 is 11.8 Å². The molecule has 0 fully saturated rings. The van der Waals surface area contributed by atoms with Crippen LogP contribution in [-0.2, 0) is 19.2 Å². The Morgan fingerprint density at radius 3 is 1.65 bits per heavy atom. The highest BCUT2D eigenvalue weighted by molar-refractivity contribution is 5.89. The summed E-state index contributed by atoms with van der Waals surface area (Å²) in [5.41, 5.74) is 0. The van der Waals surface area contributed by atoms with Crippen LogP contribution in [0.5, 0.6) is 0 Å². The third-order valence-electron chi connectivity index (χ3n) is 1.67. The second-order valence-corrected chi connectivity index (χ2v) is 3.14. The van der Waals surface area contributed by atoms with Gasteiger partial charge in [0.15, 0.2) is 0 Å². The zero-order valence-electron chi connectivity index (χ0n) is 9.75. The Balaban J connectivity index is -0.000000213.